The van der Waals surface area contributed by atoms with Crippen LogP contribution in [0, 0.1) is 17.3 Å². The van der Waals surface area contributed by atoms with Gasteiger partial charge in [-0.3, -0.25) is 19.2 Å². The van der Waals surface area contributed by atoms with E-state index < -0.39 is 5.41 Å². The fraction of sp³-hybridized carbons (Fsp3) is 0.652. The molecule has 3 saturated heterocycles. The average molecular weight is 724 g/mol. The number of amides is 2. The number of nitrogens with zero attached hydrogens (tertiary/aromatic N) is 3. The molecule has 3 aliphatic heterocycles. The molecule has 2 aromatic rings. The Bertz CT molecular complexity index is 1630. The maximum absolute atomic E-state index is 14.7. The van der Waals surface area contributed by atoms with E-state index in [-0.39, 0.29) is 53.1 Å². The number of carbonyl (C=O) groups excluding carboxylic acids is 4. The second-order valence-electron chi connectivity index (χ2n) is 19.2. The molecule has 0 N–H and O–H groups in total. The third kappa shape index (κ3) is 9.15. The molecule has 0 spiro atoms. The molecular formula is C46H65N3O4. The lowest BCUT2D eigenvalue weighted by atomic mass is 9.72. The number of benzene rings is 2. The van der Waals surface area contributed by atoms with E-state index in [4.69, 9.17) is 0 Å². The van der Waals surface area contributed by atoms with Crippen LogP contribution in [-0.2, 0) is 38.1 Å². The van der Waals surface area contributed by atoms with E-state index in [2.05, 4.69) is 70.7 Å². The average Bonchev–Trinajstić information content (AvgIpc) is 3.13. The highest BCUT2D eigenvalue weighted by atomic mass is 16.2. The van der Waals surface area contributed by atoms with E-state index in [9.17, 15) is 19.2 Å². The Morgan fingerprint density at radius 3 is 1.83 bits per heavy atom. The molecule has 7 heteroatoms. The van der Waals surface area contributed by atoms with Gasteiger partial charge in [-0.2, -0.15) is 0 Å². The molecule has 0 aromatic heterocycles. The molecule has 2 atom stereocenters. The number of carbonyl (C=O) groups is 4. The Morgan fingerprint density at radius 1 is 0.679 bits per heavy atom. The third-order valence-electron chi connectivity index (χ3n) is 13.1. The summed E-state index contributed by atoms with van der Waals surface area (Å²) in [7, 11) is 0. The van der Waals surface area contributed by atoms with Crippen molar-refractivity contribution in [2.45, 2.75) is 136 Å². The first-order valence-corrected chi connectivity index (χ1v) is 20.6. The summed E-state index contributed by atoms with van der Waals surface area (Å²) in [5, 5.41) is 0. The molecule has 0 bridgehead atoms. The van der Waals surface area contributed by atoms with Crippen molar-refractivity contribution in [3.63, 3.8) is 0 Å². The Hall–Kier alpha value is -3.32. The number of rotatable bonds is 8. The van der Waals surface area contributed by atoms with Gasteiger partial charge >= 0.3 is 0 Å². The lowest BCUT2D eigenvalue weighted by molar-refractivity contribution is -0.149. The largest absolute Gasteiger partial charge is 0.343 e. The lowest BCUT2D eigenvalue weighted by Crippen LogP contribution is -2.53. The van der Waals surface area contributed by atoms with Crippen LogP contribution in [0.3, 0.4) is 0 Å². The minimum atomic E-state index is -1.16. The fourth-order valence-corrected chi connectivity index (χ4v) is 9.45. The third-order valence-corrected chi connectivity index (χ3v) is 13.1. The first-order chi connectivity index (χ1) is 25.0. The van der Waals surface area contributed by atoms with Gasteiger partial charge in [0.05, 0.1) is 5.41 Å². The van der Waals surface area contributed by atoms with Crippen molar-refractivity contribution in [3.8, 4) is 0 Å². The number of ketones is 2. The number of hydrogen-bond donors (Lipinski definition) is 0. The zero-order valence-electron chi connectivity index (χ0n) is 33.8. The topological polar surface area (TPSA) is 78.0 Å². The first kappa shape index (κ1) is 39.4. The molecule has 6 rings (SSSR count). The summed E-state index contributed by atoms with van der Waals surface area (Å²) in [6.07, 6.45) is 8.52. The summed E-state index contributed by atoms with van der Waals surface area (Å²) in [5.74, 6) is 0.363. The predicted octanol–water partition coefficient (Wildman–Crippen LogP) is 7.95. The van der Waals surface area contributed by atoms with Gasteiger partial charge in [-0.25, -0.2) is 0 Å². The van der Waals surface area contributed by atoms with E-state index in [1.54, 1.807) is 0 Å². The zero-order chi connectivity index (χ0) is 38.1. The second kappa shape index (κ2) is 15.8. The number of likely N-dealkylation sites (tertiary alicyclic amines) is 3. The monoisotopic (exact) mass is 723 g/mol. The highest BCUT2D eigenvalue weighted by Gasteiger charge is 2.44. The van der Waals surface area contributed by atoms with Crippen LogP contribution >= 0.6 is 0 Å². The van der Waals surface area contributed by atoms with Gasteiger partial charge in [0.1, 0.15) is 5.78 Å². The predicted molar refractivity (Wildman–Crippen MR) is 212 cm³/mol. The standard InChI is InChI=1S/C46H65N3O4/c1-44(2,3)36-25-35(26-37(29-36)45(4,5)6)41(51)30-46(7,43(53)49-23-17-38(18-24-49)47-19-11-8-12-20-47)31-42(52)48-21-15-32(16-22-48)39-27-33-13-9-10-14-34(33)28-40(39)50/h9-10,13-14,25-26,29,32,38-39H,8,11-12,15-24,27-28,30-31H2,1-7H3/t39?,46-/m0/s1. The maximum atomic E-state index is 14.7. The van der Waals surface area contributed by atoms with Crippen molar-refractivity contribution in [2.24, 2.45) is 17.3 Å². The SMILES string of the molecule is CC(C)(C)c1cc(C(=O)C[C@@](C)(CC(=O)N2CCC(C3Cc4ccccc4CC3=O)CC2)C(=O)N2CCC(N3CCCCC3)CC2)cc(C(C)(C)C)c1. The summed E-state index contributed by atoms with van der Waals surface area (Å²) in [5.41, 5.74) is 3.78. The first-order valence-electron chi connectivity index (χ1n) is 20.6. The number of Topliss-reactive ketones (excluding diaryl/α,β-unsaturated/α-hetero) is 2. The molecule has 1 unspecified atom stereocenters. The normalized spacial score (nSPS) is 22.3. The smallest absolute Gasteiger partial charge is 0.229 e. The van der Waals surface area contributed by atoms with E-state index in [1.165, 1.54) is 24.8 Å². The van der Waals surface area contributed by atoms with Crippen LogP contribution in [0.25, 0.3) is 0 Å². The summed E-state index contributed by atoms with van der Waals surface area (Å²) in [4.78, 5) is 63.0. The van der Waals surface area contributed by atoms with E-state index in [0.29, 0.717) is 50.0 Å². The van der Waals surface area contributed by atoms with E-state index in [1.807, 2.05) is 34.9 Å². The van der Waals surface area contributed by atoms with Gasteiger partial charge in [0, 0.05) is 63.0 Å². The molecule has 2 aromatic carbocycles. The van der Waals surface area contributed by atoms with Crippen LogP contribution in [0.5, 0.6) is 0 Å². The Morgan fingerprint density at radius 2 is 1.25 bits per heavy atom. The molecule has 288 valence electrons. The highest BCUT2D eigenvalue weighted by molar-refractivity contribution is 6.01. The van der Waals surface area contributed by atoms with Crippen molar-refractivity contribution < 1.29 is 19.2 Å². The second-order valence-corrected chi connectivity index (χ2v) is 19.2. The van der Waals surface area contributed by atoms with Crippen molar-refractivity contribution in [1.29, 1.82) is 0 Å². The van der Waals surface area contributed by atoms with E-state index in [0.717, 1.165) is 61.9 Å². The molecule has 0 radical (unpaired) electrons. The number of hydrogen-bond acceptors (Lipinski definition) is 5. The van der Waals surface area contributed by atoms with Gasteiger partial charge in [0.2, 0.25) is 11.8 Å². The minimum absolute atomic E-state index is 0.00123. The van der Waals surface area contributed by atoms with Gasteiger partial charge in [-0.15, -0.1) is 0 Å². The zero-order valence-corrected chi connectivity index (χ0v) is 33.8. The van der Waals surface area contributed by atoms with Gasteiger partial charge in [0.25, 0.3) is 0 Å². The molecule has 3 fully saturated rings. The Kier molecular flexibility index (Phi) is 11.7. The molecule has 1 aliphatic carbocycles. The summed E-state index contributed by atoms with van der Waals surface area (Å²) >= 11 is 0. The van der Waals surface area contributed by atoms with Gasteiger partial charge in [-0.1, -0.05) is 78.3 Å². The van der Waals surface area contributed by atoms with Crippen LogP contribution in [0.15, 0.2) is 42.5 Å². The summed E-state index contributed by atoms with van der Waals surface area (Å²) in [6, 6.07) is 15.0. The van der Waals surface area contributed by atoms with Crippen molar-refractivity contribution >= 4 is 23.4 Å². The molecule has 2 amide bonds. The number of piperidine rings is 3. The molecule has 0 saturated carbocycles. The van der Waals surface area contributed by atoms with Gasteiger partial charge in [0.15, 0.2) is 5.78 Å². The molecular weight excluding hydrogens is 659 g/mol. The van der Waals surface area contributed by atoms with Gasteiger partial charge < -0.3 is 14.7 Å². The van der Waals surface area contributed by atoms with Crippen molar-refractivity contribution in [2.75, 3.05) is 39.3 Å². The highest BCUT2D eigenvalue weighted by Crippen LogP contribution is 2.38. The molecule has 4 aliphatic rings. The molecule has 7 nitrogen and oxygen atoms in total. The lowest BCUT2D eigenvalue weighted by Gasteiger charge is -2.43. The molecule has 3 heterocycles. The van der Waals surface area contributed by atoms with Gasteiger partial charge in [-0.05, 0) is 116 Å². The summed E-state index contributed by atoms with van der Waals surface area (Å²) < 4.78 is 0. The van der Waals surface area contributed by atoms with Crippen LogP contribution in [0.1, 0.15) is 139 Å². The number of fused-ring (bicyclic) bond motifs is 1. The van der Waals surface area contributed by atoms with Crippen LogP contribution in [0.2, 0.25) is 0 Å². The van der Waals surface area contributed by atoms with Crippen molar-refractivity contribution in [1.82, 2.24) is 14.7 Å². The van der Waals surface area contributed by atoms with Crippen LogP contribution in [-0.4, -0.2) is 83.4 Å². The minimum Gasteiger partial charge on any atom is -0.343 e. The quantitative estimate of drug-likeness (QED) is 0.259. The maximum Gasteiger partial charge on any atom is 0.229 e. The molecule has 53 heavy (non-hydrogen) atoms. The Labute approximate surface area is 319 Å². The fourth-order valence-electron chi connectivity index (χ4n) is 9.45. The van der Waals surface area contributed by atoms with Crippen LogP contribution < -0.4 is 0 Å². The van der Waals surface area contributed by atoms with Crippen molar-refractivity contribution in [3.05, 3.63) is 70.3 Å². The summed E-state index contributed by atoms with van der Waals surface area (Å²) in [6.45, 7) is 19.6. The Balaban J connectivity index is 1.19. The van der Waals surface area contributed by atoms with E-state index >= 15 is 0 Å². The van der Waals surface area contributed by atoms with Crippen LogP contribution in [0.4, 0.5) is 0 Å².